The van der Waals surface area contributed by atoms with Gasteiger partial charge in [-0.25, -0.2) is 4.98 Å². The molecule has 2 aromatic heterocycles. The summed E-state index contributed by atoms with van der Waals surface area (Å²) in [5.41, 5.74) is 0.400. The molecule has 0 bridgehead atoms. The Kier molecular flexibility index (Phi) is 3.02. The molecule has 0 unspecified atom stereocenters. The second-order valence-electron chi connectivity index (χ2n) is 3.06. The van der Waals surface area contributed by atoms with Gasteiger partial charge in [0.05, 0.1) is 3.79 Å². The summed E-state index contributed by atoms with van der Waals surface area (Å²) in [4.78, 5) is 16.7. The van der Waals surface area contributed by atoms with E-state index in [2.05, 4.69) is 20.9 Å². The van der Waals surface area contributed by atoms with Gasteiger partial charge in [-0.05, 0) is 28.1 Å². The van der Waals surface area contributed by atoms with Crippen molar-refractivity contribution in [1.29, 1.82) is 0 Å². The van der Waals surface area contributed by atoms with E-state index in [0.717, 1.165) is 8.66 Å². The molecule has 0 aliphatic carbocycles. The van der Waals surface area contributed by atoms with Gasteiger partial charge in [0.1, 0.15) is 12.0 Å². The molecule has 2 aromatic rings. The standard InChI is InChI=1S/C10H8BrNO2S/c1-6-12-8(5-14-6)9(13)4-7-2-3-10(11)15-7/h2-3,5H,4H2,1H3. The van der Waals surface area contributed by atoms with Crippen molar-refractivity contribution in [1.82, 2.24) is 4.98 Å². The first-order valence-corrected chi connectivity index (χ1v) is 5.95. The first-order chi connectivity index (χ1) is 7.15. The summed E-state index contributed by atoms with van der Waals surface area (Å²) in [6.07, 6.45) is 1.78. The molecule has 0 aliphatic heterocycles. The van der Waals surface area contributed by atoms with Crippen molar-refractivity contribution >= 4 is 33.0 Å². The van der Waals surface area contributed by atoms with Crippen molar-refractivity contribution in [2.45, 2.75) is 13.3 Å². The van der Waals surface area contributed by atoms with E-state index in [0.29, 0.717) is 18.0 Å². The first kappa shape index (κ1) is 10.6. The predicted octanol–water partition coefficient (Wildman–Crippen LogP) is 3.23. The highest BCUT2D eigenvalue weighted by atomic mass is 79.9. The quantitative estimate of drug-likeness (QED) is 0.813. The van der Waals surface area contributed by atoms with Crippen LogP contribution in [0.5, 0.6) is 0 Å². The smallest absolute Gasteiger partial charge is 0.191 e. The summed E-state index contributed by atoms with van der Waals surface area (Å²) in [6, 6.07) is 3.86. The number of hydrogen-bond acceptors (Lipinski definition) is 4. The van der Waals surface area contributed by atoms with E-state index in [1.807, 2.05) is 12.1 Å². The average molecular weight is 286 g/mol. The highest BCUT2D eigenvalue weighted by molar-refractivity contribution is 9.11. The second-order valence-corrected chi connectivity index (χ2v) is 5.61. The largest absolute Gasteiger partial charge is 0.449 e. The maximum absolute atomic E-state index is 11.7. The lowest BCUT2D eigenvalue weighted by molar-refractivity contribution is 0.0989. The van der Waals surface area contributed by atoms with Crippen LogP contribution in [0.1, 0.15) is 21.3 Å². The Morgan fingerprint density at radius 3 is 2.93 bits per heavy atom. The molecular weight excluding hydrogens is 278 g/mol. The van der Waals surface area contributed by atoms with Gasteiger partial charge in [-0.15, -0.1) is 11.3 Å². The van der Waals surface area contributed by atoms with Crippen molar-refractivity contribution in [3.8, 4) is 0 Å². The molecule has 5 heteroatoms. The number of thiophene rings is 1. The van der Waals surface area contributed by atoms with Crippen LogP contribution in [-0.4, -0.2) is 10.8 Å². The van der Waals surface area contributed by atoms with E-state index in [9.17, 15) is 4.79 Å². The van der Waals surface area contributed by atoms with Crippen LogP contribution in [0.15, 0.2) is 26.6 Å². The zero-order valence-corrected chi connectivity index (χ0v) is 10.4. The summed E-state index contributed by atoms with van der Waals surface area (Å²) in [5.74, 6) is 0.506. The predicted molar refractivity (Wildman–Crippen MR) is 61.3 cm³/mol. The highest BCUT2D eigenvalue weighted by Gasteiger charge is 2.12. The molecule has 0 saturated heterocycles. The van der Waals surface area contributed by atoms with E-state index >= 15 is 0 Å². The first-order valence-electron chi connectivity index (χ1n) is 4.34. The third-order valence-electron chi connectivity index (χ3n) is 1.87. The molecule has 3 nitrogen and oxygen atoms in total. The van der Waals surface area contributed by atoms with Crippen LogP contribution in [0, 0.1) is 6.92 Å². The third-order valence-corrected chi connectivity index (χ3v) is 3.49. The van der Waals surface area contributed by atoms with Gasteiger partial charge >= 0.3 is 0 Å². The van der Waals surface area contributed by atoms with Crippen LogP contribution in [0.3, 0.4) is 0 Å². The molecule has 2 rings (SSSR count). The SMILES string of the molecule is Cc1nc(C(=O)Cc2ccc(Br)s2)co1. The number of carbonyl (C=O) groups is 1. The second kappa shape index (κ2) is 4.28. The number of carbonyl (C=O) groups excluding carboxylic acids is 1. The third kappa shape index (κ3) is 2.54. The van der Waals surface area contributed by atoms with E-state index in [4.69, 9.17) is 4.42 Å². The minimum atomic E-state index is -0.0128. The van der Waals surface area contributed by atoms with Crippen LogP contribution in [-0.2, 0) is 6.42 Å². The molecule has 2 heterocycles. The summed E-state index contributed by atoms with van der Waals surface area (Å²) < 4.78 is 6.02. The molecule has 0 atom stereocenters. The van der Waals surface area contributed by atoms with Crippen molar-refractivity contribution in [2.24, 2.45) is 0 Å². The van der Waals surface area contributed by atoms with Gasteiger partial charge in [0.25, 0.3) is 0 Å². The highest BCUT2D eigenvalue weighted by Crippen LogP contribution is 2.23. The maximum atomic E-state index is 11.7. The lowest BCUT2D eigenvalue weighted by atomic mass is 10.2. The Morgan fingerprint density at radius 1 is 1.60 bits per heavy atom. The molecule has 0 amide bonds. The summed E-state index contributed by atoms with van der Waals surface area (Å²) in [7, 11) is 0. The van der Waals surface area contributed by atoms with Gasteiger partial charge in [-0.3, -0.25) is 4.79 Å². The maximum Gasteiger partial charge on any atom is 0.191 e. The minimum absolute atomic E-state index is 0.0128. The molecule has 0 aromatic carbocycles. The number of aromatic nitrogens is 1. The topological polar surface area (TPSA) is 43.1 Å². The van der Waals surface area contributed by atoms with Crippen LogP contribution in [0.2, 0.25) is 0 Å². The van der Waals surface area contributed by atoms with E-state index in [1.54, 1.807) is 18.3 Å². The number of oxazole rings is 1. The minimum Gasteiger partial charge on any atom is -0.449 e. The van der Waals surface area contributed by atoms with Crippen LogP contribution < -0.4 is 0 Å². The number of nitrogens with zero attached hydrogens (tertiary/aromatic N) is 1. The van der Waals surface area contributed by atoms with Gasteiger partial charge in [0.2, 0.25) is 0 Å². The molecule has 0 aliphatic rings. The van der Waals surface area contributed by atoms with Crippen LogP contribution >= 0.6 is 27.3 Å². The molecule has 0 spiro atoms. The summed E-state index contributed by atoms with van der Waals surface area (Å²) in [6.45, 7) is 1.72. The van der Waals surface area contributed by atoms with Crippen molar-refractivity contribution in [3.05, 3.63) is 38.6 Å². The molecule has 0 fully saturated rings. The fourth-order valence-electron chi connectivity index (χ4n) is 1.19. The van der Waals surface area contributed by atoms with Crippen molar-refractivity contribution in [2.75, 3.05) is 0 Å². The number of ketones is 1. The van der Waals surface area contributed by atoms with Crippen LogP contribution in [0.25, 0.3) is 0 Å². The Labute approximate surface area is 99.3 Å². The van der Waals surface area contributed by atoms with E-state index in [1.165, 1.54) is 6.26 Å². The Morgan fingerprint density at radius 2 is 2.40 bits per heavy atom. The normalized spacial score (nSPS) is 10.5. The molecule has 0 saturated carbocycles. The Balaban J connectivity index is 2.10. The van der Waals surface area contributed by atoms with Crippen molar-refractivity contribution in [3.63, 3.8) is 0 Å². The number of rotatable bonds is 3. The number of aryl methyl sites for hydroxylation is 1. The lowest BCUT2D eigenvalue weighted by Gasteiger charge is -1.92. The van der Waals surface area contributed by atoms with Crippen LogP contribution in [0.4, 0.5) is 0 Å². The molecule has 15 heavy (non-hydrogen) atoms. The molecule has 0 radical (unpaired) electrons. The number of halogens is 1. The number of Topliss-reactive ketones (excluding diaryl/α,β-unsaturated/α-hetero) is 1. The Hall–Kier alpha value is -0.940. The fraction of sp³-hybridized carbons (Fsp3) is 0.200. The Bertz CT molecular complexity index is 489. The molecule has 78 valence electrons. The zero-order valence-electron chi connectivity index (χ0n) is 7.99. The van der Waals surface area contributed by atoms with Gasteiger partial charge < -0.3 is 4.42 Å². The van der Waals surface area contributed by atoms with Gasteiger partial charge in [-0.1, -0.05) is 0 Å². The number of hydrogen-bond donors (Lipinski definition) is 0. The lowest BCUT2D eigenvalue weighted by Crippen LogP contribution is -2.02. The van der Waals surface area contributed by atoms with Gasteiger partial charge in [0.15, 0.2) is 11.7 Å². The van der Waals surface area contributed by atoms with Gasteiger partial charge in [0, 0.05) is 18.2 Å². The summed E-state index contributed by atoms with van der Waals surface area (Å²) >= 11 is 4.91. The van der Waals surface area contributed by atoms with E-state index < -0.39 is 0 Å². The van der Waals surface area contributed by atoms with Crippen molar-refractivity contribution < 1.29 is 9.21 Å². The molecule has 0 N–H and O–H groups in total. The molecular formula is C10H8BrNO2S. The monoisotopic (exact) mass is 285 g/mol. The summed E-state index contributed by atoms with van der Waals surface area (Å²) in [5, 5.41) is 0. The average Bonchev–Trinajstić information content (AvgIpc) is 2.75. The fourth-order valence-corrected chi connectivity index (χ4v) is 2.67. The van der Waals surface area contributed by atoms with Gasteiger partial charge in [-0.2, -0.15) is 0 Å². The zero-order chi connectivity index (χ0) is 10.8. The van der Waals surface area contributed by atoms with E-state index in [-0.39, 0.29) is 5.78 Å².